The first kappa shape index (κ1) is 22.6. The quantitative estimate of drug-likeness (QED) is 0.467. The Labute approximate surface area is 202 Å². The van der Waals surface area contributed by atoms with Gasteiger partial charge in [-0.25, -0.2) is 0 Å². The number of hydrogen-bond acceptors (Lipinski definition) is 4. The maximum atomic E-state index is 12.9. The number of rotatable bonds is 6. The van der Waals surface area contributed by atoms with E-state index in [9.17, 15) is 9.59 Å². The zero-order valence-corrected chi connectivity index (χ0v) is 21.7. The maximum Gasteiger partial charge on any atom is 0.280 e. The highest BCUT2D eigenvalue weighted by atomic mass is 28.1. The molecule has 2 saturated heterocycles. The van der Waals surface area contributed by atoms with Crippen LogP contribution in [0.15, 0.2) is 41.4 Å². The lowest BCUT2D eigenvalue weighted by molar-refractivity contribution is 0.0935. The van der Waals surface area contributed by atoms with Gasteiger partial charge in [-0.15, -0.1) is 0 Å². The molecule has 2 aromatic carbocycles. The van der Waals surface area contributed by atoms with E-state index < -0.39 is 0 Å². The van der Waals surface area contributed by atoms with Crippen molar-refractivity contribution in [3.05, 3.63) is 53.1 Å². The van der Waals surface area contributed by atoms with Crippen molar-refractivity contribution in [2.75, 3.05) is 25.0 Å². The third-order valence-electron chi connectivity index (χ3n) is 6.76. The highest BCUT2D eigenvalue weighted by Crippen LogP contribution is 2.36. The van der Waals surface area contributed by atoms with Gasteiger partial charge in [-0.3, -0.25) is 9.59 Å². The van der Waals surface area contributed by atoms with Gasteiger partial charge < -0.3 is 26.0 Å². The van der Waals surface area contributed by atoms with E-state index in [1.807, 2.05) is 30.3 Å². The third-order valence-corrected chi connectivity index (χ3v) is 7.84. The Morgan fingerprint density at radius 1 is 1.15 bits per heavy atom. The van der Waals surface area contributed by atoms with E-state index in [0.29, 0.717) is 28.4 Å². The molecule has 1 saturated carbocycles. The van der Waals surface area contributed by atoms with Crippen LogP contribution >= 0.6 is 0 Å². The second kappa shape index (κ2) is 9.23. The molecule has 1 atom stereocenters. The minimum Gasteiger partial charge on any atom is -0.373 e. The summed E-state index contributed by atoms with van der Waals surface area (Å²) >= 11 is 0. The van der Waals surface area contributed by atoms with Crippen LogP contribution in [-0.4, -0.2) is 53.3 Å². The molecule has 3 fully saturated rings. The number of nitrogens with one attached hydrogen (secondary N) is 4. The highest BCUT2D eigenvalue weighted by molar-refractivity contribution is 6.40. The van der Waals surface area contributed by atoms with Gasteiger partial charge in [0.05, 0.1) is 6.10 Å². The van der Waals surface area contributed by atoms with E-state index in [-0.39, 0.29) is 23.5 Å². The topological polar surface area (TPSA) is 104 Å². The van der Waals surface area contributed by atoms with Gasteiger partial charge >= 0.3 is 0 Å². The predicted molar refractivity (Wildman–Crippen MR) is 137 cm³/mol. The largest absolute Gasteiger partial charge is 0.373 e. The number of benzene rings is 2. The summed E-state index contributed by atoms with van der Waals surface area (Å²) in [6.07, 6.45) is 3.86. The Balaban J connectivity index is 1.43. The Kier molecular flexibility index (Phi) is 6.14. The number of ether oxygens (including phenoxy) is 1. The molecule has 2 amide bonds. The second-order valence-corrected chi connectivity index (χ2v) is 10.5. The molecule has 4 N–H and O–H groups in total. The van der Waals surface area contributed by atoms with Crippen molar-refractivity contribution in [1.82, 2.24) is 16.0 Å². The molecule has 2 aromatic rings. The molecule has 5 rings (SSSR count). The summed E-state index contributed by atoms with van der Waals surface area (Å²) in [5, 5.41) is 13.8. The number of amides is 2. The summed E-state index contributed by atoms with van der Waals surface area (Å²) in [7, 11) is 0.716. The van der Waals surface area contributed by atoms with Crippen LogP contribution in [0.4, 0.5) is 11.4 Å². The number of hydrogen-bond donors (Lipinski definition) is 4. The minimum atomic E-state index is -0.293. The van der Waals surface area contributed by atoms with Crippen molar-refractivity contribution in [3.8, 4) is 0 Å². The highest BCUT2D eigenvalue weighted by Gasteiger charge is 2.39. The van der Waals surface area contributed by atoms with E-state index in [1.165, 1.54) is 0 Å². The molecule has 34 heavy (non-hydrogen) atoms. The van der Waals surface area contributed by atoms with Gasteiger partial charge in [-0.2, -0.15) is 4.99 Å². The van der Waals surface area contributed by atoms with E-state index in [0.717, 1.165) is 66.5 Å². The summed E-state index contributed by atoms with van der Waals surface area (Å²) in [6, 6.07) is 11.4. The summed E-state index contributed by atoms with van der Waals surface area (Å²) in [4.78, 5) is 29.8. The number of anilines is 2. The zero-order chi connectivity index (χ0) is 23.7. The smallest absolute Gasteiger partial charge is 0.280 e. The molecular formula is C25H31N5O3Si. The lowest BCUT2D eigenvalue weighted by Gasteiger charge is -2.20. The van der Waals surface area contributed by atoms with Gasteiger partial charge in [0.25, 0.3) is 11.8 Å². The number of guanidine groups is 1. The Hall–Kier alpha value is -3.17. The average Bonchev–Trinajstić information content (AvgIpc) is 3.23. The lowest BCUT2D eigenvalue weighted by atomic mass is 10.0. The molecule has 178 valence electrons. The van der Waals surface area contributed by atoms with Crippen molar-refractivity contribution < 1.29 is 14.3 Å². The standard InChI is InChI=1S/C25H31N5O3Si/c1-25(9-10-25)30-23(32)16-4-2-5-19(21(16)34)28-18-8-7-15(14-17(18)20-6-3-13-33-20)22(31)29-24-26-11-12-27-24/h2,4-5,7-8,14,20,28H,3,6,9-13H2,1,34H3,(H,30,32)(H2,26,27,29,31). The minimum absolute atomic E-state index is 0.0119. The molecule has 8 nitrogen and oxygen atoms in total. The van der Waals surface area contributed by atoms with Crippen molar-refractivity contribution >= 4 is 44.6 Å². The summed E-state index contributed by atoms with van der Waals surface area (Å²) in [5.41, 5.74) is 3.93. The monoisotopic (exact) mass is 477 g/mol. The van der Waals surface area contributed by atoms with Crippen LogP contribution < -0.4 is 26.5 Å². The first-order valence-electron chi connectivity index (χ1n) is 12.0. The first-order chi connectivity index (χ1) is 16.4. The lowest BCUT2D eigenvalue weighted by Crippen LogP contribution is -2.37. The summed E-state index contributed by atoms with van der Waals surface area (Å²) < 4.78 is 5.97. The molecule has 2 heterocycles. The molecule has 9 heteroatoms. The number of carbonyl (C=O) groups is 2. The molecule has 2 aliphatic heterocycles. The molecule has 1 aliphatic carbocycles. The van der Waals surface area contributed by atoms with Crippen LogP contribution in [0.25, 0.3) is 0 Å². The zero-order valence-electron chi connectivity index (χ0n) is 19.7. The molecule has 1 unspecified atom stereocenters. The fourth-order valence-corrected chi connectivity index (χ4v) is 5.07. The van der Waals surface area contributed by atoms with Crippen molar-refractivity contribution in [2.45, 2.75) is 44.2 Å². The van der Waals surface area contributed by atoms with Crippen LogP contribution in [0, 0.1) is 0 Å². The molecule has 0 radical (unpaired) electrons. The van der Waals surface area contributed by atoms with E-state index in [1.54, 1.807) is 6.07 Å². The van der Waals surface area contributed by atoms with Gasteiger partial charge in [0, 0.05) is 63.5 Å². The molecule has 0 aromatic heterocycles. The van der Waals surface area contributed by atoms with Crippen molar-refractivity contribution in [1.29, 1.82) is 0 Å². The second-order valence-electron chi connectivity index (χ2n) is 9.54. The molecule has 0 bridgehead atoms. The van der Waals surface area contributed by atoms with Crippen LogP contribution in [0.5, 0.6) is 0 Å². The molecule has 3 aliphatic rings. The Bertz CT molecular complexity index is 1150. The van der Waals surface area contributed by atoms with Crippen LogP contribution in [-0.2, 0) is 4.74 Å². The van der Waals surface area contributed by atoms with Gasteiger partial charge in [-0.05, 0) is 68.1 Å². The third kappa shape index (κ3) is 4.85. The van der Waals surface area contributed by atoms with E-state index >= 15 is 0 Å². The summed E-state index contributed by atoms with van der Waals surface area (Å²) in [6.45, 7) is 4.31. The molecule has 0 spiro atoms. The van der Waals surface area contributed by atoms with Crippen LogP contribution in [0.1, 0.15) is 65.0 Å². The van der Waals surface area contributed by atoms with Gasteiger partial charge in [0.1, 0.15) is 0 Å². The van der Waals surface area contributed by atoms with Gasteiger partial charge in [0.15, 0.2) is 5.96 Å². The van der Waals surface area contributed by atoms with E-state index in [2.05, 4.69) is 33.2 Å². The predicted octanol–water partition coefficient (Wildman–Crippen LogP) is 1.24. The maximum absolute atomic E-state index is 12.9. The SMILES string of the molecule is CC1(NC(=O)c2cccc(Nc3ccc(C(=O)N=C4NCCN4)cc3C3CCCO3)c2[SiH3])CC1. The van der Waals surface area contributed by atoms with Crippen LogP contribution in [0.3, 0.4) is 0 Å². The Morgan fingerprint density at radius 2 is 1.94 bits per heavy atom. The van der Waals surface area contributed by atoms with Crippen LogP contribution in [0.2, 0.25) is 0 Å². The molecular weight excluding hydrogens is 446 g/mol. The fraction of sp³-hybridized carbons (Fsp3) is 0.400. The van der Waals surface area contributed by atoms with Gasteiger partial charge in [0.2, 0.25) is 0 Å². The van der Waals surface area contributed by atoms with Crippen molar-refractivity contribution in [2.24, 2.45) is 4.99 Å². The first-order valence-corrected chi connectivity index (χ1v) is 13.0. The summed E-state index contributed by atoms with van der Waals surface area (Å²) in [5.74, 6) is 0.210. The Morgan fingerprint density at radius 3 is 2.65 bits per heavy atom. The number of carbonyl (C=O) groups excluding carboxylic acids is 2. The number of nitrogens with zero attached hydrogens (tertiary/aromatic N) is 1. The normalized spacial score (nSPS) is 20.4. The van der Waals surface area contributed by atoms with Crippen molar-refractivity contribution in [3.63, 3.8) is 0 Å². The average molecular weight is 478 g/mol. The fourth-order valence-electron chi connectivity index (χ4n) is 4.38. The van der Waals surface area contributed by atoms with E-state index in [4.69, 9.17) is 4.74 Å². The number of aliphatic imine (C=N–C) groups is 1. The van der Waals surface area contributed by atoms with Gasteiger partial charge in [-0.1, -0.05) is 6.07 Å².